The van der Waals surface area contributed by atoms with E-state index in [0.29, 0.717) is 0 Å². The van der Waals surface area contributed by atoms with Gasteiger partial charge in [-0.3, -0.25) is 4.90 Å². The molecule has 1 aromatic heterocycles. The molecule has 0 radical (unpaired) electrons. The number of benzene rings is 2. The van der Waals surface area contributed by atoms with Gasteiger partial charge in [-0.25, -0.2) is 9.37 Å². The van der Waals surface area contributed by atoms with Crippen LogP contribution in [0.15, 0.2) is 54.9 Å². The predicted octanol–water partition coefficient (Wildman–Crippen LogP) is 4.72. The summed E-state index contributed by atoms with van der Waals surface area (Å²) in [5.74, 6) is 1.71. The highest BCUT2D eigenvalue weighted by Gasteiger charge is 2.26. The van der Waals surface area contributed by atoms with Crippen LogP contribution in [0.2, 0.25) is 0 Å². The third-order valence-corrected chi connectivity index (χ3v) is 5.59. The number of methoxy groups -OCH3 is 1. The maximum absolute atomic E-state index is 13.7. The van der Waals surface area contributed by atoms with Crippen molar-refractivity contribution in [3.05, 3.63) is 83.2 Å². The highest BCUT2D eigenvalue weighted by molar-refractivity contribution is 5.38. The first-order valence-electron chi connectivity index (χ1n) is 9.77. The van der Waals surface area contributed by atoms with E-state index in [0.717, 1.165) is 55.2 Å². The Hall–Kier alpha value is -2.66. The van der Waals surface area contributed by atoms with Gasteiger partial charge < -0.3 is 9.30 Å². The van der Waals surface area contributed by atoms with E-state index >= 15 is 0 Å². The van der Waals surface area contributed by atoms with Crippen LogP contribution < -0.4 is 4.74 Å². The molecule has 1 saturated heterocycles. The van der Waals surface area contributed by atoms with Gasteiger partial charge in [0, 0.05) is 30.5 Å². The summed E-state index contributed by atoms with van der Waals surface area (Å²) in [4.78, 5) is 6.76. The van der Waals surface area contributed by atoms with Crippen molar-refractivity contribution < 1.29 is 9.13 Å². The lowest BCUT2D eigenvalue weighted by atomic mass is 10.0. The lowest BCUT2D eigenvalue weighted by Gasteiger charge is -2.25. The first kappa shape index (κ1) is 18.7. The molecule has 1 unspecified atom stereocenters. The summed E-state index contributed by atoms with van der Waals surface area (Å²) in [5.41, 5.74) is 3.46. The van der Waals surface area contributed by atoms with Crippen molar-refractivity contribution in [1.82, 2.24) is 14.5 Å². The fourth-order valence-electron chi connectivity index (χ4n) is 4.15. The molecule has 1 fully saturated rings. The Labute approximate surface area is 165 Å². The highest BCUT2D eigenvalue weighted by atomic mass is 19.1. The lowest BCUT2D eigenvalue weighted by molar-refractivity contribution is 0.248. The standard InChI is InChI=1S/C23H26FN3O/c1-17-25-10-12-26(17)16-20-13-18(8-9-23(20)28-2)15-27-11-4-7-22(27)19-5-3-6-21(24)14-19/h3,5-6,8-10,12-14,22H,4,7,11,15-16H2,1-2H3. The number of hydrogen-bond donors (Lipinski definition) is 0. The van der Waals surface area contributed by atoms with Gasteiger partial charge in [0.05, 0.1) is 13.7 Å². The van der Waals surface area contributed by atoms with Crippen molar-refractivity contribution in [2.24, 2.45) is 0 Å². The minimum Gasteiger partial charge on any atom is -0.496 e. The largest absolute Gasteiger partial charge is 0.496 e. The number of halogens is 1. The van der Waals surface area contributed by atoms with Gasteiger partial charge in [0.25, 0.3) is 0 Å². The van der Waals surface area contributed by atoms with Gasteiger partial charge >= 0.3 is 0 Å². The Balaban J connectivity index is 1.55. The second-order valence-electron chi connectivity index (χ2n) is 7.43. The zero-order valence-corrected chi connectivity index (χ0v) is 16.4. The van der Waals surface area contributed by atoms with E-state index in [1.165, 1.54) is 11.6 Å². The molecule has 146 valence electrons. The van der Waals surface area contributed by atoms with Gasteiger partial charge in [0.2, 0.25) is 0 Å². The number of rotatable bonds is 6. The van der Waals surface area contributed by atoms with Gasteiger partial charge in [-0.1, -0.05) is 18.2 Å². The van der Waals surface area contributed by atoms with Crippen LogP contribution in [0.3, 0.4) is 0 Å². The van der Waals surface area contributed by atoms with E-state index in [1.54, 1.807) is 19.2 Å². The molecule has 2 aromatic carbocycles. The average molecular weight is 379 g/mol. The van der Waals surface area contributed by atoms with Crippen molar-refractivity contribution in [3.8, 4) is 5.75 Å². The van der Waals surface area contributed by atoms with Crippen molar-refractivity contribution in [3.63, 3.8) is 0 Å². The fourth-order valence-corrected chi connectivity index (χ4v) is 4.15. The molecule has 1 atom stereocenters. The lowest BCUT2D eigenvalue weighted by Crippen LogP contribution is -2.23. The van der Waals surface area contributed by atoms with Crippen molar-refractivity contribution >= 4 is 0 Å². The average Bonchev–Trinajstić information content (AvgIpc) is 3.31. The van der Waals surface area contributed by atoms with Gasteiger partial charge in [0.15, 0.2) is 0 Å². The molecule has 4 rings (SSSR count). The van der Waals surface area contributed by atoms with Crippen molar-refractivity contribution in [1.29, 1.82) is 0 Å². The molecule has 0 spiro atoms. The Morgan fingerprint density at radius 1 is 1.18 bits per heavy atom. The van der Waals surface area contributed by atoms with Crippen LogP contribution in [0, 0.1) is 12.7 Å². The van der Waals surface area contributed by atoms with Crippen LogP contribution >= 0.6 is 0 Å². The van der Waals surface area contributed by atoms with Crippen LogP contribution in [0.5, 0.6) is 5.75 Å². The molecular weight excluding hydrogens is 353 g/mol. The second kappa shape index (κ2) is 8.15. The number of imidazole rings is 1. The molecule has 2 heterocycles. The number of ether oxygens (including phenoxy) is 1. The fraction of sp³-hybridized carbons (Fsp3) is 0.348. The van der Waals surface area contributed by atoms with Crippen LogP contribution in [-0.4, -0.2) is 28.1 Å². The summed E-state index contributed by atoms with van der Waals surface area (Å²) in [6.45, 7) is 4.62. The molecule has 5 heteroatoms. The second-order valence-corrected chi connectivity index (χ2v) is 7.43. The normalized spacial score (nSPS) is 17.2. The monoisotopic (exact) mass is 379 g/mol. The first-order valence-corrected chi connectivity index (χ1v) is 9.77. The number of likely N-dealkylation sites (tertiary alicyclic amines) is 1. The van der Waals surface area contributed by atoms with Gasteiger partial charge in [-0.15, -0.1) is 0 Å². The molecule has 0 N–H and O–H groups in total. The minimum absolute atomic E-state index is 0.160. The number of nitrogens with zero attached hydrogens (tertiary/aromatic N) is 3. The first-order chi connectivity index (χ1) is 13.6. The molecule has 1 aliphatic rings. The van der Waals surface area contributed by atoms with Crippen molar-refractivity contribution in [2.75, 3.05) is 13.7 Å². The molecule has 1 aliphatic heterocycles. The molecule has 4 nitrogen and oxygen atoms in total. The van der Waals surface area contributed by atoms with E-state index in [1.807, 2.05) is 31.5 Å². The summed E-state index contributed by atoms with van der Waals surface area (Å²) in [6.07, 6.45) is 6.01. The smallest absolute Gasteiger partial charge is 0.123 e. The summed E-state index contributed by atoms with van der Waals surface area (Å²) in [6, 6.07) is 13.7. The van der Waals surface area contributed by atoms with Gasteiger partial charge in [0.1, 0.15) is 17.4 Å². The quantitative estimate of drug-likeness (QED) is 0.621. The predicted molar refractivity (Wildman–Crippen MR) is 108 cm³/mol. The Bertz CT molecular complexity index is 953. The van der Waals surface area contributed by atoms with Gasteiger partial charge in [-0.2, -0.15) is 0 Å². The Morgan fingerprint density at radius 2 is 2.07 bits per heavy atom. The van der Waals surface area contributed by atoms with Crippen LogP contribution in [-0.2, 0) is 13.1 Å². The zero-order valence-electron chi connectivity index (χ0n) is 16.4. The van der Waals surface area contributed by atoms with Crippen LogP contribution in [0.25, 0.3) is 0 Å². The van der Waals surface area contributed by atoms with E-state index in [9.17, 15) is 4.39 Å². The molecule has 3 aromatic rings. The minimum atomic E-state index is -0.160. The maximum Gasteiger partial charge on any atom is 0.123 e. The molecule has 0 amide bonds. The summed E-state index contributed by atoms with van der Waals surface area (Å²) >= 11 is 0. The Morgan fingerprint density at radius 3 is 2.82 bits per heavy atom. The number of hydrogen-bond acceptors (Lipinski definition) is 3. The molecule has 0 aliphatic carbocycles. The SMILES string of the molecule is COc1ccc(CN2CCCC2c2cccc(F)c2)cc1Cn1ccnc1C. The van der Waals surface area contributed by atoms with Crippen LogP contribution in [0.1, 0.15) is 41.4 Å². The third kappa shape index (κ3) is 3.94. The number of aryl methyl sites for hydroxylation is 1. The summed E-state index contributed by atoms with van der Waals surface area (Å²) < 4.78 is 21.4. The van der Waals surface area contributed by atoms with Crippen molar-refractivity contribution in [2.45, 2.75) is 38.9 Å². The van der Waals surface area contributed by atoms with Gasteiger partial charge in [-0.05, 0) is 61.7 Å². The highest BCUT2D eigenvalue weighted by Crippen LogP contribution is 2.34. The van der Waals surface area contributed by atoms with E-state index < -0.39 is 0 Å². The molecular formula is C23H26FN3O. The van der Waals surface area contributed by atoms with E-state index in [4.69, 9.17) is 4.74 Å². The van der Waals surface area contributed by atoms with E-state index in [-0.39, 0.29) is 11.9 Å². The maximum atomic E-state index is 13.7. The molecule has 28 heavy (non-hydrogen) atoms. The third-order valence-electron chi connectivity index (χ3n) is 5.59. The topological polar surface area (TPSA) is 30.3 Å². The number of aromatic nitrogens is 2. The van der Waals surface area contributed by atoms with Crippen LogP contribution in [0.4, 0.5) is 4.39 Å². The molecule has 0 bridgehead atoms. The summed E-state index contributed by atoms with van der Waals surface area (Å²) in [5, 5.41) is 0. The van der Waals surface area contributed by atoms with E-state index in [2.05, 4.69) is 26.6 Å². The molecule has 0 saturated carbocycles. The zero-order chi connectivity index (χ0) is 19.5. The Kier molecular flexibility index (Phi) is 5.44. The summed E-state index contributed by atoms with van der Waals surface area (Å²) in [7, 11) is 1.71.